The molecule has 0 aromatic heterocycles. The van der Waals surface area contributed by atoms with Crippen LogP contribution in [0.2, 0.25) is 0 Å². The standard InChI is InChI=1S/C12H14F2N2O4S/c1-20-12(17)9-3-2-4-16(9)21(18,19)10-6-7(15)5-8(13)11(10)14/h5-6,9H,2-4,15H2,1H3. The highest BCUT2D eigenvalue weighted by molar-refractivity contribution is 7.89. The SMILES string of the molecule is COC(=O)C1CCCN1S(=O)(=O)c1cc(N)cc(F)c1F. The Hall–Kier alpha value is -1.74. The van der Waals surface area contributed by atoms with Gasteiger partial charge in [-0.3, -0.25) is 4.79 Å². The van der Waals surface area contributed by atoms with Gasteiger partial charge in [-0.2, -0.15) is 4.31 Å². The number of hydrogen-bond donors (Lipinski definition) is 1. The van der Waals surface area contributed by atoms with Crippen LogP contribution in [-0.2, 0) is 19.6 Å². The lowest BCUT2D eigenvalue weighted by Gasteiger charge is -2.22. The fraction of sp³-hybridized carbons (Fsp3) is 0.417. The molecule has 0 amide bonds. The summed E-state index contributed by atoms with van der Waals surface area (Å²) in [6.07, 6.45) is 0.684. The van der Waals surface area contributed by atoms with E-state index in [1.54, 1.807) is 0 Å². The van der Waals surface area contributed by atoms with Crippen molar-refractivity contribution in [2.24, 2.45) is 0 Å². The number of ether oxygens (including phenoxy) is 1. The Morgan fingerprint density at radius 2 is 2.10 bits per heavy atom. The molecule has 0 spiro atoms. The molecule has 1 heterocycles. The molecule has 2 N–H and O–H groups in total. The fourth-order valence-corrected chi connectivity index (χ4v) is 4.05. The Morgan fingerprint density at radius 1 is 1.43 bits per heavy atom. The molecular weight excluding hydrogens is 306 g/mol. The highest BCUT2D eigenvalue weighted by Gasteiger charge is 2.41. The van der Waals surface area contributed by atoms with E-state index in [-0.39, 0.29) is 18.7 Å². The number of sulfonamides is 1. The molecule has 0 saturated carbocycles. The molecule has 9 heteroatoms. The predicted molar refractivity (Wildman–Crippen MR) is 69.7 cm³/mol. The molecule has 0 aliphatic carbocycles. The number of nitrogens with two attached hydrogens (primary N) is 1. The molecule has 116 valence electrons. The van der Waals surface area contributed by atoms with Crippen LogP contribution in [0.1, 0.15) is 12.8 Å². The number of halogens is 2. The molecule has 1 aromatic carbocycles. The highest BCUT2D eigenvalue weighted by atomic mass is 32.2. The van der Waals surface area contributed by atoms with Crippen LogP contribution in [0.15, 0.2) is 17.0 Å². The zero-order chi connectivity index (χ0) is 15.8. The van der Waals surface area contributed by atoms with E-state index in [2.05, 4.69) is 4.74 Å². The Morgan fingerprint density at radius 3 is 2.71 bits per heavy atom. The van der Waals surface area contributed by atoms with Crippen molar-refractivity contribution in [2.45, 2.75) is 23.8 Å². The largest absolute Gasteiger partial charge is 0.468 e. The van der Waals surface area contributed by atoms with Gasteiger partial charge in [-0.1, -0.05) is 0 Å². The van der Waals surface area contributed by atoms with Crippen LogP contribution in [0.25, 0.3) is 0 Å². The first-order valence-corrected chi connectivity index (χ1v) is 7.57. The molecule has 21 heavy (non-hydrogen) atoms. The minimum absolute atomic E-state index is 0.0258. The predicted octanol–water partition coefficient (Wildman–Crippen LogP) is 0.873. The molecule has 1 saturated heterocycles. The third-order valence-corrected chi connectivity index (χ3v) is 5.19. The van der Waals surface area contributed by atoms with Gasteiger partial charge < -0.3 is 10.5 Å². The number of carbonyl (C=O) groups is 1. The molecular formula is C12H14F2N2O4S. The number of rotatable bonds is 3. The molecule has 1 aromatic rings. The number of hydrogen-bond acceptors (Lipinski definition) is 5. The number of benzene rings is 1. The zero-order valence-electron chi connectivity index (χ0n) is 11.2. The van der Waals surface area contributed by atoms with Gasteiger partial charge in [-0.15, -0.1) is 0 Å². The third kappa shape index (κ3) is 2.70. The second kappa shape index (κ2) is 5.57. The maximum absolute atomic E-state index is 13.8. The average Bonchev–Trinajstić information content (AvgIpc) is 2.91. The maximum Gasteiger partial charge on any atom is 0.324 e. The second-order valence-corrected chi connectivity index (χ2v) is 6.47. The summed E-state index contributed by atoms with van der Waals surface area (Å²) >= 11 is 0. The van der Waals surface area contributed by atoms with Crippen LogP contribution in [0.4, 0.5) is 14.5 Å². The Kier molecular flexibility index (Phi) is 4.15. The van der Waals surface area contributed by atoms with Gasteiger partial charge in [0.05, 0.1) is 7.11 Å². The van der Waals surface area contributed by atoms with E-state index >= 15 is 0 Å². The molecule has 6 nitrogen and oxygen atoms in total. The van der Waals surface area contributed by atoms with E-state index in [9.17, 15) is 22.0 Å². The number of carbonyl (C=O) groups excluding carboxylic acids is 1. The van der Waals surface area contributed by atoms with Crippen molar-refractivity contribution in [3.05, 3.63) is 23.8 Å². The summed E-state index contributed by atoms with van der Waals surface area (Å²) < 4.78 is 57.4. The van der Waals surface area contributed by atoms with Crippen LogP contribution < -0.4 is 5.73 Å². The Labute approximate surface area is 120 Å². The fourth-order valence-electron chi connectivity index (χ4n) is 2.30. The van der Waals surface area contributed by atoms with Crippen molar-refractivity contribution in [2.75, 3.05) is 19.4 Å². The minimum Gasteiger partial charge on any atom is -0.468 e. The molecule has 1 fully saturated rings. The molecule has 1 aliphatic rings. The van der Waals surface area contributed by atoms with E-state index in [1.165, 1.54) is 0 Å². The number of nitrogen functional groups attached to an aromatic ring is 1. The monoisotopic (exact) mass is 320 g/mol. The van der Waals surface area contributed by atoms with Crippen LogP contribution >= 0.6 is 0 Å². The summed E-state index contributed by atoms with van der Waals surface area (Å²) in [5, 5.41) is 0. The van der Waals surface area contributed by atoms with E-state index < -0.39 is 38.6 Å². The summed E-state index contributed by atoms with van der Waals surface area (Å²) in [6, 6.07) is 0.486. The molecule has 2 rings (SSSR count). The molecule has 1 aliphatic heterocycles. The Bertz CT molecular complexity index is 678. The average molecular weight is 320 g/mol. The van der Waals surface area contributed by atoms with Gasteiger partial charge in [0.1, 0.15) is 10.9 Å². The smallest absolute Gasteiger partial charge is 0.324 e. The van der Waals surface area contributed by atoms with Gasteiger partial charge in [-0.25, -0.2) is 17.2 Å². The highest BCUT2D eigenvalue weighted by Crippen LogP contribution is 2.30. The summed E-state index contributed by atoms with van der Waals surface area (Å²) in [7, 11) is -3.25. The summed E-state index contributed by atoms with van der Waals surface area (Å²) in [4.78, 5) is 10.7. The van der Waals surface area contributed by atoms with Crippen molar-refractivity contribution in [3.8, 4) is 0 Å². The van der Waals surface area contributed by atoms with Crippen molar-refractivity contribution >= 4 is 21.7 Å². The number of methoxy groups -OCH3 is 1. The van der Waals surface area contributed by atoms with E-state index in [0.29, 0.717) is 12.5 Å². The molecule has 1 unspecified atom stereocenters. The van der Waals surface area contributed by atoms with Crippen molar-refractivity contribution in [3.63, 3.8) is 0 Å². The lowest BCUT2D eigenvalue weighted by molar-refractivity contribution is -0.144. The van der Waals surface area contributed by atoms with Crippen molar-refractivity contribution < 1.29 is 26.7 Å². The normalized spacial score (nSPS) is 19.7. The Balaban J connectivity index is 2.50. The number of esters is 1. The quantitative estimate of drug-likeness (QED) is 0.659. The van der Waals surface area contributed by atoms with Gasteiger partial charge in [0.25, 0.3) is 0 Å². The summed E-state index contributed by atoms with van der Waals surface area (Å²) in [5.74, 6) is -3.61. The van der Waals surface area contributed by atoms with E-state index in [4.69, 9.17) is 5.73 Å². The zero-order valence-corrected chi connectivity index (χ0v) is 12.0. The van der Waals surface area contributed by atoms with E-state index in [1.807, 2.05) is 0 Å². The lowest BCUT2D eigenvalue weighted by atomic mass is 10.2. The topological polar surface area (TPSA) is 89.7 Å². The first-order valence-electron chi connectivity index (χ1n) is 6.13. The van der Waals surface area contributed by atoms with Crippen LogP contribution in [-0.4, -0.2) is 38.4 Å². The molecule has 0 bridgehead atoms. The molecule has 1 atom stereocenters. The molecule has 0 radical (unpaired) electrons. The van der Waals surface area contributed by atoms with Gasteiger partial charge in [-0.05, 0) is 25.0 Å². The van der Waals surface area contributed by atoms with Crippen LogP contribution in [0.3, 0.4) is 0 Å². The third-order valence-electron chi connectivity index (χ3n) is 3.28. The first-order chi connectivity index (χ1) is 9.78. The summed E-state index contributed by atoms with van der Waals surface area (Å²) in [6.45, 7) is 0.0258. The van der Waals surface area contributed by atoms with Crippen molar-refractivity contribution in [1.29, 1.82) is 0 Å². The van der Waals surface area contributed by atoms with E-state index in [0.717, 1.165) is 17.5 Å². The van der Waals surface area contributed by atoms with Gasteiger partial charge >= 0.3 is 5.97 Å². The number of nitrogens with zero attached hydrogens (tertiary/aromatic N) is 1. The first kappa shape index (κ1) is 15.6. The van der Waals surface area contributed by atoms with Crippen LogP contribution in [0.5, 0.6) is 0 Å². The van der Waals surface area contributed by atoms with Gasteiger partial charge in [0.2, 0.25) is 10.0 Å². The van der Waals surface area contributed by atoms with Gasteiger partial charge in [0, 0.05) is 12.2 Å². The summed E-state index contributed by atoms with van der Waals surface area (Å²) in [5.41, 5.74) is 5.14. The lowest BCUT2D eigenvalue weighted by Crippen LogP contribution is -2.41. The van der Waals surface area contributed by atoms with Gasteiger partial charge in [0.15, 0.2) is 11.6 Å². The minimum atomic E-state index is -4.38. The second-order valence-electron chi connectivity index (χ2n) is 4.61. The van der Waals surface area contributed by atoms with Crippen LogP contribution in [0, 0.1) is 11.6 Å². The maximum atomic E-state index is 13.8. The number of anilines is 1. The van der Waals surface area contributed by atoms with Crippen molar-refractivity contribution in [1.82, 2.24) is 4.31 Å².